The smallest absolute Gasteiger partial charge is 0.307 e. The second-order valence-electron chi connectivity index (χ2n) is 5.04. The van der Waals surface area contributed by atoms with Crippen LogP contribution in [0.3, 0.4) is 0 Å². The van der Waals surface area contributed by atoms with Gasteiger partial charge in [-0.05, 0) is 26.2 Å². The van der Waals surface area contributed by atoms with E-state index in [0.717, 1.165) is 25.7 Å². The molecule has 84 valence electrons. The van der Waals surface area contributed by atoms with Gasteiger partial charge in [-0.25, -0.2) is 0 Å². The maximum atomic E-state index is 11.7. The fourth-order valence-corrected chi connectivity index (χ4v) is 2.43. The van der Waals surface area contributed by atoms with Gasteiger partial charge >= 0.3 is 5.97 Å². The summed E-state index contributed by atoms with van der Waals surface area (Å²) < 4.78 is 0. The zero-order valence-electron chi connectivity index (χ0n) is 8.95. The molecule has 2 rings (SSSR count). The van der Waals surface area contributed by atoms with Crippen molar-refractivity contribution in [1.29, 1.82) is 0 Å². The topological polar surface area (TPSA) is 66.4 Å². The number of hydrogen-bond donors (Lipinski definition) is 2. The summed E-state index contributed by atoms with van der Waals surface area (Å²) in [6.07, 6.45) is 4.86. The number of carboxylic acid groups (broad SMARTS) is 1. The van der Waals surface area contributed by atoms with Crippen molar-refractivity contribution in [3.05, 3.63) is 0 Å². The first-order valence-corrected chi connectivity index (χ1v) is 5.57. The Morgan fingerprint density at radius 1 is 1.27 bits per heavy atom. The molecule has 2 N–H and O–H groups in total. The molecule has 2 fully saturated rings. The number of nitrogens with one attached hydrogen (secondary N) is 1. The van der Waals surface area contributed by atoms with E-state index < -0.39 is 11.9 Å². The minimum Gasteiger partial charge on any atom is -0.481 e. The predicted molar refractivity (Wildman–Crippen MR) is 54.2 cm³/mol. The van der Waals surface area contributed by atoms with Crippen molar-refractivity contribution in [2.45, 2.75) is 44.6 Å². The van der Waals surface area contributed by atoms with Gasteiger partial charge in [0, 0.05) is 5.54 Å². The van der Waals surface area contributed by atoms with Gasteiger partial charge in [0.25, 0.3) is 0 Å². The van der Waals surface area contributed by atoms with Gasteiger partial charge in [0.05, 0.1) is 11.8 Å². The van der Waals surface area contributed by atoms with Gasteiger partial charge in [-0.1, -0.05) is 12.8 Å². The minimum atomic E-state index is -0.841. The highest BCUT2D eigenvalue weighted by Crippen LogP contribution is 2.40. The van der Waals surface area contributed by atoms with Crippen LogP contribution in [0, 0.1) is 11.8 Å². The quantitative estimate of drug-likeness (QED) is 0.736. The molecule has 2 saturated carbocycles. The molecular weight excluding hydrogens is 194 g/mol. The van der Waals surface area contributed by atoms with E-state index >= 15 is 0 Å². The standard InChI is InChI=1S/C11H17NO3/c1-11(4-2-3-5-11)12-9(13)7-6-8(7)10(14)15/h7-8H,2-6H2,1H3,(H,12,13)(H,14,15). The Bertz CT molecular complexity index is 294. The molecule has 0 heterocycles. The number of rotatable bonds is 3. The first-order valence-electron chi connectivity index (χ1n) is 5.57. The van der Waals surface area contributed by atoms with Gasteiger partial charge in [-0.3, -0.25) is 9.59 Å². The highest BCUT2D eigenvalue weighted by molar-refractivity contribution is 5.89. The third kappa shape index (κ3) is 2.13. The fraction of sp³-hybridized carbons (Fsp3) is 0.818. The SMILES string of the molecule is CC1(NC(=O)C2CC2C(=O)O)CCCC1. The summed E-state index contributed by atoms with van der Waals surface area (Å²) in [7, 11) is 0. The molecule has 0 aromatic carbocycles. The van der Waals surface area contributed by atoms with Crippen LogP contribution < -0.4 is 5.32 Å². The van der Waals surface area contributed by atoms with Crippen LogP contribution in [-0.4, -0.2) is 22.5 Å². The lowest BCUT2D eigenvalue weighted by molar-refractivity contribution is -0.140. The van der Waals surface area contributed by atoms with Gasteiger partial charge in [0.1, 0.15) is 0 Å². The Hall–Kier alpha value is -1.06. The van der Waals surface area contributed by atoms with E-state index in [4.69, 9.17) is 5.11 Å². The number of aliphatic carboxylic acids is 1. The van der Waals surface area contributed by atoms with E-state index in [9.17, 15) is 9.59 Å². The first-order chi connectivity index (χ1) is 7.02. The highest BCUT2D eigenvalue weighted by atomic mass is 16.4. The molecule has 0 radical (unpaired) electrons. The van der Waals surface area contributed by atoms with Crippen molar-refractivity contribution in [3.8, 4) is 0 Å². The van der Waals surface area contributed by atoms with Gasteiger partial charge < -0.3 is 10.4 Å². The van der Waals surface area contributed by atoms with Crippen molar-refractivity contribution in [2.24, 2.45) is 11.8 Å². The van der Waals surface area contributed by atoms with Crippen LogP contribution in [0.25, 0.3) is 0 Å². The van der Waals surface area contributed by atoms with Gasteiger partial charge in [0.15, 0.2) is 0 Å². The minimum absolute atomic E-state index is 0.0631. The van der Waals surface area contributed by atoms with E-state index in [1.807, 2.05) is 0 Å². The van der Waals surface area contributed by atoms with E-state index in [1.54, 1.807) is 0 Å². The maximum Gasteiger partial charge on any atom is 0.307 e. The molecule has 0 aromatic rings. The molecule has 0 spiro atoms. The monoisotopic (exact) mass is 211 g/mol. The maximum absolute atomic E-state index is 11.7. The highest BCUT2D eigenvalue weighted by Gasteiger charge is 2.49. The van der Waals surface area contributed by atoms with Crippen molar-refractivity contribution in [1.82, 2.24) is 5.32 Å². The summed E-state index contributed by atoms with van der Waals surface area (Å²) in [5.74, 6) is -1.62. The van der Waals surface area contributed by atoms with Crippen LogP contribution in [0.1, 0.15) is 39.0 Å². The molecule has 4 heteroatoms. The lowest BCUT2D eigenvalue weighted by Gasteiger charge is -2.25. The molecular formula is C11H17NO3. The lowest BCUT2D eigenvalue weighted by atomic mass is 10.0. The molecule has 0 aromatic heterocycles. The van der Waals surface area contributed by atoms with Gasteiger partial charge in [-0.2, -0.15) is 0 Å². The lowest BCUT2D eigenvalue weighted by Crippen LogP contribution is -2.44. The molecule has 4 nitrogen and oxygen atoms in total. The molecule has 2 atom stereocenters. The zero-order valence-corrected chi connectivity index (χ0v) is 8.95. The van der Waals surface area contributed by atoms with E-state index in [1.165, 1.54) is 0 Å². The Balaban J connectivity index is 1.86. The molecule has 1 amide bonds. The number of carboxylic acids is 1. The number of hydrogen-bond acceptors (Lipinski definition) is 2. The average Bonchev–Trinajstić information content (AvgIpc) is 2.85. The summed E-state index contributed by atoms with van der Waals surface area (Å²) in [4.78, 5) is 22.3. The Morgan fingerprint density at radius 2 is 1.87 bits per heavy atom. The summed E-state index contributed by atoms with van der Waals surface area (Å²) >= 11 is 0. The van der Waals surface area contributed by atoms with Crippen LogP contribution in [0.4, 0.5) is 0 Å². The zero-order chi connectivity index (χ0) is 11.1. The van der Waals surface area contributed by atoms with Crippen LogP contribution >= 0.6 is 0 Å². The Kier molecular flexibility index (Phi) is 2.44. The Morgan fingerprint density at radius 3 is 2.33 bits per heavy atom. The average molecular weight is 211 g/mol. The summed E-state index contributed by atoms with van der Waals surface area (Å²) in [6.45, 7) is 2.05. The normalized spacial score (nSPS) is 32.3. The second kappa shape index (κ2) is 3.51. The molecule has 0 aliphatic heterocycles. The molecule has 0 bridgehead atoms. The van der Waals surface area contributed by atoms with Crippen molar-refractivity contribution < 1.29 is 14.7 Å². The molecule has 2 aliphatic rings. The van der Waals surface area contributed by atoms with Crippen molar-refractivity contribution >= 4 is 11.9 Å². The summed E-state index contributed by atoms with van der Waals surface area (Å²) in [5, 5.41) is 11.7. The largest absolute Gasteiger partial charge is 0.481 e. The number of carbonyl (C=O) groups excluding carboxylic acids is 1. The van der Waals surface area contributed by atoms with Crippen LogP contribution in [0.5, 0.6) is 0 Å². The van der Waals surface area contributed by atoms with Crippen LogP contribution in [-0.2, 0) is 9.59 Å². The van der Waals surface area contributed by atoms with E-state index in [2.05, 4.69) is 12.2 Å². The molecule has 2 unspecified atom stereocenters. The predicted octanol–water partition coefficient (Wildman–Crippen LogP) is 1.16. The Labute approximate surface area is 89.0 Å². The van der Waals surface area contributed by atoms with Crippen LogP contribution in [0.2, 0.25) is 0 Å². The van der Waals surface area contributed by atoms with Gasteiger partial charge in [-0.15, -0.1) is 0 Å². The first kappa shape index (κ1) is 10.5. The van der Waals surface area contributed by atoms with Gasteiger partial charge in [0.2, 0.25) is 5.91 Å². The fourth-order valence-electron chi connectivity index (χ4n) is 2.43. The van der Waals surface area contributed by atoms with Crippen LogP contribution in [0.15, 0.2) is 0 Å². The molecule has 2 aliphatic carbocycles. The molecule has 0 saturated heterocycles. The number of amides is 1. The third-order valence-corrected chi connectivity index (χ3v) is 3.58. The van der Waals surface area contributed by atoms with E-state index in [0.29, 0.717) is 6.42 Å². The summed E-state index contributed by atoms with van der Waals surface area (Å²) in [6, 6.07) is 0. The van der Waals surface area contributed by atoms with Crippen molar-refractivity contribution in [2.75, 3.05) is 0 Å². The number of carbonyl (C=O) groups is 2. The third-order valence-electron chi connectivity index (χ3n) is 3.58. The van der Waals surface area contributed by atoms with Crippen molar-refractivity contribution in [3.63, 3.8) is 0 Å². The van der Waals surface area contributed by atoms with E-state index in [-0.39, 0.29) is 17.4 Å². The second-order valence-corrected chi connectivity index (χ2v) is 5.04. The molecule has 15 heavy (non-hydrogen) atoms. The summed E-state index contributed by atoms with van der Waals surface area (Å²) in [5.41, 5.74) is -0.0806.